The van der Waals surface area contributed by atoms with Gasteiger partial charge in [-0.25, -0.2) is 0 Å². The maximum Gasteiger partial charge on any atom is 0.0410 e. The van der Waals surface area contributed by atoms with Gasteiger partial charge in [0.15, 0.2) is 0 Å². The van der Waals surface area contributed by atoms with Crippen LogP contribution in [0.4, 0.5) is 0 Å². The Balaban J connectivity index is 0.00000144. The fourth-order valence-corrected chi connectivity index (χ4v) is 3.22. The molecule has 0 aliphatic carbocycles. The summed E-state index contributed by atoms with van der Waals surface area (Å²) in [7, 11) is 2.26. The maximum absolute atomic E-state index is 3.43. The Kier molecular flexibility index (Phi) is 6.49. The largest absolute Gasteiger partial charge is 0.317 e. The van der Waals surface area contributed by atoms with Crippen LogP contribution in [-0.2, 0) is 0 Å². The van der Waals surface area contributed by atoms with Crippen molar-refractivity contribution in [2.75, 3.05) is 26.7 Å². The molecular formula is C13H23ClN2S. The minimum atomic E-state index is 0. The monoisotopic (exact) mass is 274 g/mol. The number of nitrogens with zero attached hydrogens (tertiary/aromatic N) is 1. The molecule has 1 aromatic rings. The maximum atomic E-state index is 3.43. The predicted molar refractivity (Wildman–Crippen MR) is 78.2 cm³/mol. The van der Waals surface area contributed by atoms with E-state index in [4.69, 9.17) is 0 Å². The number of hydrogen-bond acceptors (Lipinski definition) is 3. The lowest BCUT2D eigenvalue weighted by Gasteiger charge is -2.30. The van der Waals surface area contributed by atoms with Crippen LogP contribution in [0.15, 0.2) is 17.5 Å². The first-order valence-electron chi connectivity index (χ1n) is 6.21. The number of rotatable bonds is 4. The van der Waals surface area contributed by atoms with Crippen LogP contribution in [0.3, 0.4) is 0 Å². The fraction of sp³-hybridized carbons (Fsp3) is 0.692. The van der Waals surface area contributed by atoms with Gasteiger partial charge in [0, 0.05) is 17.5 Å². The zero-order chi connectivity index (χ0) is 11.4. The second kappa shape index (κ2) is 7.37. The van der Waals surface area contributed by atoms with Gasteiger partial charge in [-0.2, -0.15) is 0 Å². The topological polar surface area (TPSA) is 15.3 Å². The van der Waals surface area contributed by atoms with Gasteiger partial charge in [-0.1, -0.05) is 6.07 Å². The van der Waals surface area contributed by atoms with E-state index in [2.05, 4.69) is 41.7 Å². The zero-order valence-corrected chi connectivity index (χ0v) is 12.3. The van der Waals surface area contributed by atoms with E-state index in [1.54, 1.807) is 0 Å². The first-order valence-corrected chi connectivity index (χ1v) is 7.09. The highest BCUT2D eigenvalue weighted by molar-refractivity contribution is 7.10. The predicted octanol–water partition coefficient (Wildman–Crippen LogP) is 3.16. The molecule has 0 spiro atoms. The number of hydrogen-bond donors (Lipinski definition) is 1. The van der Waals surface area contributed by atoms with Crippen LogP contribution in [0.5, 0.6) is 0 Å². The third kappa shape index (κ3) is 4.25. The van der Waals surface area contributed by atoms with E-state index >= 15 is 0 Å². The van der Waals surface area contributed by atoms with Gasteiger partial charge in [-0.15, -0.1) is 23.7 Å². The van der Waals surface area contributed by atoms with E-state index in [9.17, 15) is 0 Å². The van der Waals surface area contributed by atoms with Gasteiger partial charge in [-0.05, 0) is 57.3 Å². The van der Waals surface area contributed by atoms with Crippen LogP contribution in [0.1, 0.15) is 30.7 Å². The molecule has 1 aliphatic heterocycles. The van der Waals surface area contributed by atoms with Gasteiger partial charge in [0.05, 0.1) is 0 Å². The Morgan fingerprint density at radius 3 is 2.76 bits per heavy atom. The average Bonchev–Trinajstić information content (AvgIpc) is 2.83. The highest BCUT2D eigenvalue weighted by atomic mass is 35.5. The van der Waals surface area contributed by atoms with E-state index in [1.165, 1.54) is 37.4 Å². The minimum absolute atomic E-state index is 0. The molecular weight excluding hydrogens is 252 g/mol. The molecule has 4 heteroatoms. The van der Waals surface area contributed by atoms with E-state index in [0.717, 1.165) is 5.92 Å². The molecule has 1 fully saturated rings. The standard InChI is InChI=1S/C13H22N2S.ClH/c1-11(13-4-3-9-16-13)15(2)10-12-5-7-14-8-6-12;/h3-4,9,11-12,14H,5-8,10H2,1-2H3;1H. The van der Waals surface area contributed by atoms with E-state index in [0.29, 0.717) is 6.04 Å². The van der Waals surface area contributed by atoms with Crippen molar-refractivity contribution in [3.8, 4) is 0 Å². The second-order valence-corrected chi connectivity index (χ2v) is 5.80. The Hall–Kier alpha value is -0.0900. The summed E-state index contributed by atoms with van der Waals surface area (Å²) in [5.41, 5.74) is 0. The molecule has 1 aromatic heterocycles. The number of nitrogens with one attached hydrogen (secondary N) is 1. The zero-order valence-electron chi connectivity index (χ0n) is 10.7. The van der Waals surface area contributed by atoms with Crippen molar-refractivity contribution < 1.29 is 0 Å². The van der Waals surface area contributed by atoms with E-state index < -0.39 is 0 Å². The Bertz CT molecular complexity index is 296. The Morgan fingerprint density at radius 1 is 1.47 bits per heavy atom. The molecule has 2 nitrogen and oxygen atoms in total. The quantitative estimate of drug-likeness (QED) is 0.907. The summed E-state index contributed by atoms with van der Waals surface area (Å²) in [6.07, 6.45) is 2.67. The summed E-state index contributed by atoms with van der Waals surface area (Å²) in [6, 6.07) is 4.96. The lowest BCUT2D eigenvalue weighted by Crippen LogP contribution is -2.35. The van der Waals surface area contributed by atoms with Gasteiger partial charge in [0.25, 0.3) is 0 Å². The molecule has 1 atom stereocenters. The number of piperidine rings is 1. The number of halogens is 1. The number of thiophene rings is 1. The van der Waals surface area contributed by atoms with Crippen LogP contribution in [0.2, 0.25) is 0 Å². The van der Waals surface area contributed by atoms with Crippen molar-refractivity contribution in [1.29, 1.82) is 0 Å². The van der Waals surface area contributed by atoms with E-state index in [-0.39, 0.29) is 12.4 Å². The molecule has 98 valence electrons. The summed E-state index contributed by atoms with van der Waals surface area (Å²) < 4.78 is 0. The molecule has 1 N–H and O–H groups in total. The third-order valence-corrected chi connectivity index (χ3v) is 4.66. The van der Waals surface area contributed by atoms with Crippen LogP contribution in [-0.4, -0.2) is 31.6 Å². The SMILES string of the molecule is CC(c1cccs1)N(C)CC1CCNCC1.Cl. The van der Waals surface area contributed by atoms with Crippen molar-refractivity contribution in [3.63, 3.8) is 0 Å². The van der Waals surface area contributed by atoms with Crippen LogP contribution < -0.4 is 5.32 Å². The highest BCUT2D eigenvalue weighted by Gasteiger charge is 2.19. The normalized spacial score (nSPS) is 19.0. The molecule has 17 heavy (non-hydrogen) atoms. The lowest BCUT2D eigenvalue weighted by atomic mass is 9.97. The molecule has 0 saturated carbocycles. The molecule has 0 amide bonds. The minimum Gasteiger partial charge on any atom is -0.317 e. The summed E-state index contributed by atoms with van der Waals surface area (Å²) in [5, 5.41) is 5.60. The third-order valence-electron chi connectivity index (χ3n) is 3.62. The van der Waals surface area contributed by atoms with Gasteiger partial charge in [-0.3, -0.25) is 4.90 Å². The van der Waals surface area contributed by atoms with Crippen molar-refractivity contribution in [3.05, 3.63) is 22.4 Å². The fourth-order valence-electron chi connectivity index (χ4n) is 2.38. The molecule has 1 aliphatic rings. The van der Waals surface area contributed by atoms with Crippen LogP contribution >= 0.6 is 23.7 Å². The average molecular weight is 275 g/mol. The lowest BCUT2D eigenvalue weighted by molar-refractivity contribution is 0.199. The Morgan fingerprint density at radius 2 is 2.18 bits per heavy atom. The van der Waals surface area contributed by atoms with Crippen molar-refractivity contribution in [1.82, 2.24) is 10.2 Å². The second-order valence-electron chi connectivity index (χ2n) is 4.82. The van der Waals surface area contributed by atoms with Crippen molar-refractivity contribution in [2.45, 2.75) is 25.8 Å². The summed E-state index contributed by atoms with van der Waals surface area (Å²) in [5.74, 6) is 0.883. The smallest absolute Gasteiger partial charge is 0.0410 e. The molecule has 1 unspecified atom stereocenters. The molecule has 2 heterocycles. The molecule has 1 saturated heterocycles. The summed E-state index contributed by atoms with van der Waals surface area (Å²) in [4.78, 5) is 3.98. The van der Waals surface area contributed by atoms with Crippen LogP contribution in [0.25, 0.3) is 0 Å². The van der Waals surface area contributed by atoms with Gasteiger partial charge < -0.3 is 5.32 Å². The van der Waals surface area contributed by atoms with Gasteiger partial charge >= 0.3 is 0 Å². The first-order chi connectivity index (χ1) is 7.77. The van der Waals surface area contributed by atoms with Gasteiger partial charge in [0.2, 0.25) is 0 Å². The summed E-state index contributed by atoms with van der Waals surface area (Å²) in [6.45, 7) is 5.95. The molecule has 2 rings (SSSR count). The molecule has 0 aromatic carbocycles. The van der Waals surface area contributed by atoms with Gasteiger partial charge in [0.1, 0.15) is 0 Å². The molecule has 0 bridgehead atoms. The van der Waals surface area contributed by atoms with Crippen molar-refractivity contribution in [2.24, 2.45) is 5.92 Å². The molecule has 0 radical (unpaired) electrons. The highest BCUT2D eigenvalue weighted by Crippen LogP contribution is 2.25. The van der Waals surface area contributed by atoms with Crippen molar-refractivity contribution >= 4 is 23.7 Å². The first kappa shape index (κ1) is 15.0. The van der Waals surface area contributed by atoms with E-state index in [1.807, 2.05) is 11.3 Å². The summed E-state index contributed by atoms with van der Waals surface area (Å²) >= 11 is 1.87. The Labute approximate surface area is 115 Å². The van der Waals surface area contributed by atoms with Crippen LogP contribution in [0, 0.1) is 5.92 Å².